The quantitative estimate of drug-likeness (QED) is 0.727. The normalized spacial score (nSPS) is 11.6. The van der Waals surface area contributed by atoms with E-state index in [-0.39, 0.29) is 5.82 Å². The van der Waals surface area contributed by atoms with Crippen molar-refractivity contribution in [2.24, 2.45) is 0 Å². The Bertz CT molecular complexity index is 731. The van der Waals surface area contributed by atoms with Gasteiger partial charge in [-0.25, -0.2) is 0 Å². The molecule has 0 spiro atoms. The average Bonchev–Trinajstić information content (AvgIpc) is 2.94. The Kier molecular flexibility index (Phi) is 3.25. The minimum atomic E-state index is -3.07. The van der Waals surface area contributed by atoms with Gasteiger partial charge in [0.2, 0.25) is 5.82 Å². The largest absolute Gasteiger partial charge is 0.304 e. The molecule has 3 nitrogen and oxygen atoms in total. The Morgan fingerprint density at radius 3 is 2.00 bits per heavy atom. The molecule has 0 fully saturated rings. The molecule has 21 heavy (non-hydrogen) atoms. The summed E-state index contributed by atoms with van der Waals surface area (Å²) in [4.78, 5) is 0. The molecule has 0 aliphatic heterocycles. The minimum Gasteiger partial charge on any atom is -0.274 e. The molecule has 0 aliphatic rings. The van der Waals surface area contributed by atoms with Crippen molar-refractivity contribution < 1.29 is 8.78 Å². The molecule has 0 amide bonds. The molecule has 0 radical (unpaired) electrons. The smallest absolute Gasteiger partial charge is 0.274 e. The molecule has 1 aromatic heterocycles. The van der Waals surface area contributed by atoms with E-state index in [0.29, 0.717) is 11.5 Å². The van der Waals surface area contributed by atoms with Crippen LogP contribution in [0.5, 0.6) is 0 Å². The van der Waals surface area contributed by atoms with Gasteiger partial charge >= 0.3 is 5.92 Å². The van der Waals surface area contributed by atoms with Crippen LogP contribution in [-0.4, -0.2) is 14.8 Å². The highest BCUT2D eigenvalue weighted by molar-refractivity contribution is 5.58. The van der Waals surface area contributed by atoms with Crippen LogP contribution in [0.25, 0.3) is 17.1 Å². The Balaban J connectivity index is 2.26. The number of hydrogen-bond donors (Lipinski definition) is 0. The molecule has 1 heterocycles. The molecular weight excluding hydrogens is 272 g/mol. The molecule has 0 saturated carbocycles. The van der Waals surface area contributed by atoms with Crippen molar-refractivity contribution in [1.29, 1.82) is 0 Å². The highest BCUT2D eigenvalue weighted by Gasteiger charge is 2.33. The number of para-hydroxylation sites is 1. The number of halogens is 2. The van der Waals surface area contributed by atoms with E-state index in [1.165, 1.54) is 4.57 Å². The molecule has 2 aromatic carbocycles. The third-order valence-corrected chi connectivity index (χ3v) is 3.10. The molecule has 106 valence electrons. The highest BCUT2D eigenvalue weighted by atomic mass is 19.3. The topological polar surface area (TPSA) is 30.7 Å². The maximum absolute atomic E-state index is 13.8. The molecule has 0 aliphatic carbocycles. The van der Waals surface area contributed by atoms with Crippen molar-refractivity contribution in [3.05, 3.63) is 66.5 Å². The molecule has 0 atom stereocenters. The molecule has 0 unspecified atom stereocenters. The van der Waals surface area contributed by atoms with Gasteiger partial charge in [0.25, 0.3) is 0 Å². The van der Waals surface area contributed by atoms with Crippen LogP contribution in [0.4, 0.5) is 8.78 Å². The zero-order valence-electron chi connectivity index (χ0n) is 11.4. The first-order valence-corrected chi connectivity index (χ1v) is 6.52. The Morgan fingerprint density at radius 1 is 0.857 bits per heavy atom. The Hall–Kier alpha value is -2.56. The summed E-state index contributed by atoms with van der Waals surface area (Å²) < 4.78 is 29.0. The molecule has 5 heteroatoms. The predicted molar refractivity (Wildman–Crippen MR) is 76.4 cm³/mol. The Labute approximate surface area is 120 Å². The second-order valence-corrected chi connectivity index (χ2v) is 4.77. The molecule has 0 saturated heterocycles. The lowest BCUT2D eigenvalue weighted by atomic mass is 10.2. The number of alkyl halides is 2. The summed E-state index contributed by atoms with van der Waals surface area (Å²) in [5, 5.41) is 7.67. The van der Waals surface area contributed by atoms with E-state index < -0.39 is 5.92 Å². The second kappa shape index (κ2) is 5.09. The number of hydrogen-bond acceptors (Lipinski definition) is 2. The molecule has 0 bridgehead atoms. The molecule has 0 N–H and O–H groups in total. The minimum absolute atomic E-state index is 0.368. The fraction of sp³-hybridized carbons (Fsp3) is 0.125. The van der Waals surface area contributed by atoms with E-state index in [2.05, 4.69) is 10.2 Å². The molecule has 3 rings (SSSR count). The first kappa shape index (κ1) is 13.4. The van der Waals surface area contributed by atoms with Gasteiger partial charge in [-0.3, -0.25) is 4.57 Å². The van der Waals surface area contributed by atoms with Gasteiger partial charge in [-0.1, -0.05) is 48.5 Å². The van der Waals surface area contributed by atoms with Gasteiger partial charge in [0.1, 0.15) is 0 Å². The molecular formula is C16H13F2N3. The van der Waals surface area contributed by atoms with Gasteiger partial charge in [0.05, 0.1) is 0 Å². The van der Waals surface area contributed by atoms with Crippen molar-refractivity contribution in [2.45, 2.75) is 12.8 Å². The van der Waals surface area contributed by atoms with Crippen LogP contribution >= 0.6 is 0 Å². The van der Waals surface area contributed by atoms with E-state index in [1.54, 1.807) is 24.3 Å². The lowest BCUT2D eigenvalue weighted by Gasteiger charge is -2.14. The highest BCUT2D eigenvalue weighted by Crippen LogP contribution is 2.31. The predicted octanol–water partition coefficient (Wildman–Crippen LogP) is 4.05. The first-order chi connectivity index (χ1) is 10.1. The van der Waals surface area contributed by atoms with Crippen molar-refractivity contribution in [1.82, 2.24) is 14.8 Å². The van der Waals surface area contributed by atoms with Crippen LogP contribution < -0.4 is 0 Å². The van der Waals surface area contributed by atoms with Crippen molar-refractivity contribution in [3.63, 3.8) is 0 Å². The van der Waals surface area contributed by atoms with Gasteiger partial charge in [-0.2, -0.15) is 8.78 Å². The maximum Gasteiger partial charge on any atom is 0.304 e. The summed E-state index contributed by atoms with van der Waals surface area (Å²) in [5.41, 5.74) is 1.35. The maximum atomic E-state index is 13.8. The third kappa shape index (κ3) is 2.54. The second-order valence-electron chi connectivity index (χ2n) is 4.77. The van der Waals surface area contributed by atoms with Crippen LogP contribution in [-0.2, 0) is 5.92 Å². The standard InChI is InChI=1S/C16H13F2N3/c1-16(17,18)15-20-19-14(12-8-4-2-5-9-12)21(15)13-10-6-3-7-11-13/h2-11H,1H3. The summed E-state index contributed by atoms with van der Waals surface area (Å²) in [7, 11) is 0. The van der Waals surface area contributed by atoms with E-state index in [0.717, 1.165) is 12.5 Å². The van der Waals surface area contributed by atoms with Crippen LogP contribution in [0, 0.1) is 0 Å². The molecule has 3 aromatic rings. The third-order valence-electron chi connectivity index (χ3n) is 3.10. The Morgan fingerprint density at radius 2 is 1.43 bits per heavy atom. The summed E-state index contributed by atoms with van der Waals surface area (Å²) in [5.74, 6) is -3.04. The van der Waals surface area contributed by atoms with Crippen LogP contribution in [0.3, 0.4) is 0 Å². The number of aromatic nitrogens is 3. The summed E-state index contributed by atoms with van der Waals surface area (Å²) in [6, 6.07) is 18.1. The van der Waals surface area contributed by atoms with E-state index >= 15 is 0 Å². The monoisotopic (exact) mass is 285 g/mol. The summed E-state index contributed by atoms with van der Waals surface area (Å²) in [6.07, 6.45) is 0. The van der Waals surface area contributed by atoms with Crippen molar-refractivity contribution >= 4 is 0 Å². The summed E-state index contributed by atoms with van der Waals surface area (Å²) in [6.45, 7) is 0.825. The van der Waals surface area contributed by atoms with Crippen molar-refractivity contribution in [2.75, 3.05) is 0 Å². The van der Waals surface area contributed by atoms with Gasteiger partial charge in [-0.15, -0.1) is 10.2 Å². The number of benzene rings is 2. The van der Waals surface area contributed by atoms with Crippen LogP contribution in [0.2, 0.25) is 0 Å². The summed E-state index contributed by atoms with van der Waals surface area (Å²) >= 11 is 0. The first-order valence-electron chi connectivity index (χ1n) is 6.52. The zero-order chi connectivity index (χ0) is 14.9. The van der Waals surface area contributed by atoms with Crippen LogP contribution in [0.1, 0.15) is 12.7 Å². The van der Waals surface area contributed by atoms with E-state index in [1.807, 2.05) is 36.4 Å². The van der Waals surface area contributed by atoms with E-state index in [4.69, 9.17) is 0 Å². The number of rotatable bonds is 3. The van der Waals surface area contributed by atoms with Gasteiger partial charge in [0.15, 0.2) is 5.82 Å². The van der Waals surface area contributed by atoms with Gasteiger partial charge in [0, 0.05) is 18.2 Å². The van der Waals surface area contributed by atoms with Gasteiger partial charge in [-0.05, 0) is 12.1 Å². The lowest BCUT2D eigenvalue weighted by Crippen LogP contribution is -2.15. The van der Waals surface area contributed by atoms with Crippen LogP contribution in [0.15, 0.2) is 60.7 Å². The SMILES string of the molecule is CC(F)(F)c1nnc(-c2ccccc2)n1-c1ccccc1. The van der Waals surface area contributed by atoms with Gasteiger partial charge < -0.3 is 0 Å². The zero-order valence-corrected chi connectivity index (χ0v) is 11.4. The van der Waals surface area contributed by atoms with E-state index in [9.17, 15) is 8.78 Å². The van der Waals surface area contributed by atoms with Crippen molar-refractivity contribution in [3.8, 4) is 17.1 Å². The fourth-order valence-electron chi connectivity index (χ4n) is 2.16. The lowest BCUT2D eigenvalue weighted by molar-refractivity contribution is 0.00593. The average molecular weight is 285 g/mol. The number of nitrogens with zero attached hydrogens (tertiary/aromatic N) is 3. The fourth-order valence-corrected chi connectivity index (χ4v) is 2.16.